The van der Waals surface area contributed by atoms with Crippen molar-refractivity contribution in [2.45, 2.75) is 25.6 Å². The number of benzene rings is 1. The summed E-state index contributed by atoms with van der Waals surface area (Å²) in [6.45, 7) is 1.62. The summed E-state index contributed by atoms with van der Waals surface area (Å²) in [4.78, 5) is 11.0. The zero-order valence-electron chi connectivity index (χ0n) is 9.98. The lowest BCUT2D eigenvalue weighted by atomic mass is 10.0. The number of rotatable bonds is 4. The molecule has 0 aliphatic heterocycles. The molecule has 2 unspecified atom stereocenters. The van der Waals surface area contributed by atoms with Gasteiger partial charge in [0.25, 0.3) is 0 Å². The van der Waals surface area contributed by atoms with E-state index >= 15 is 0 Å². The molecule has 0 amide bonds. The molecule has 1 rings (SSSR count). The molecule has 0 fully saturated rings. The molecule has 2 atom stereocenters. The summed E-state index contributed by atoms with van der Waals surface area (Å²) in [5.74, 6) is -1.38. The number of aliphatic hydroxyl groups excluding tert-OH is 2. The van der Waals surface area contributed by atoms with Gasteiger partial charge in [-0.1, -0.05) is 11.6 Å². The van der Waals surface area contributed by atoms with Crippen LogP contribution in [-0.4, -0.2) is 29.4 Å². The second kappa shape index (κ2) is 6.13. The molecule has 0 saturated heterocycles. The first-order valence-corrected chi connectivity index (χ1v) is 5.63. The summed E-state index contributed by atoms with van der Waals surface area (Å²) < 4.78 is 18.0. The van der Waals surface area contributed by atoms with Crippen molar-refractivity contribution in [1.29, 1.82) is 0 Å². The second-order valence-corrected chi connectivity index (χ2v) is 4.32. The van der Waals surface area contributed by atoms with Gasteiger partial charge < -0.3 is 14.9 Å². The summed E-state index contributed by atoms with van der Waals surface area (Å²) >= 11 is 5.82. The maximum Gasteiger partial charge on any atom is 0.308 e. The van der Waals surface area contributed by atoms with Crippen LogP contribution in [0.1, 0.15) is 23.7 Å². The predicted octanol–water partition coefficient (Wildman–Crippen LogP) is 1.74. The first-order valence-electron chi connectivity index (χ1n) is 5.25. The van der Waals surface area contributed by atoms with E-state index in [1.54, 1.807) is 6.92 Å². The number of esters is 1. The van der Waals surface area contributed by atoms with Crippen LogP contribution in [0.25, 0.3) is 0 Å². The number of carbonyl (C=O) groups excluding carboxylic acids is 1. The number of halogens is 2. The van der Waals surface area contributed by atoms with Crippen LogP contribution >= 0.6 is 11.6 Å². The molecule has 0 aromatic heterocycles. The molecule has 2 N–H and O–H groups in total. The molecule has 0 radical (unpaired) electrons. The SMILES string of the molecule is COC(=O)CC(O)C(O)c1cc(Cl)c(C)cc1F. The average Bonchev–Trinajstić information content (AvgIpc) is 2.32. The minimum Gasteiger partial charge on any atom is -0.469 e. The zero-order valence-corrected chi connectivity index (χ0v) is 10.7. The summed E-state index contributed by atoms with van der Waals surface area (Å²) in [5.41, 5.74) is 0.370. The van der Waals surface area contributed by atoms with E-state index < -0.39 is 30.4 Å². The van der Waals surface area contributed by atoms with Crippen molar-refractivity contribution in [3.8, 4) is 0 Å². The fourth-order valence-corrected chi connectivity index (χ4v) is 1.63. The largest absolute Gasteiger partial charge is 0.469 e. The third-order valence-corrected chi connectivity index (χ3v) is 2.97. The molecule has 0 saturated carbocycles. The van der Waals surface area contributed by atoms with Crippen LogP contribution in [0.4, 0.5) is 4.39 Å². The number of aliphatic hydroxyl groups is 2. The fourth-order valence-electron chi connectivity index (χ4n) is 1.46. The van der Waals surface area contributed by atoms with Crippen LogP contribution in [0, 0.1) is 12.7 Å². The Kier molecular flexibility index (Phi) is 5.07. The van der Waals surface area contributed by atoms with Gasteiger partial charge in [0.15, 0.2) is 0 Å². The fraction of sp³-hybridized carbons (Fsp3) is 0.417. The van der Waals surface area contributed by atoms with Crippen molar-refractivity contribution < 1.29 is 24.1 Å². The Morgan fingerprint density at radius 2 is 2.11 bits per heavy atom. The third-order valence-electron chi connectivity index (χ3n) is 2.56. The van der Waals surface area contributed by atoms with E-state index in [-0.39, 0.29) is 10.6 Å². The second-order valence-electron chi connectivity index (χ2n) is 3.92. The maximum absolute atomic E-state index is 13.6. The summed E-state index contributed by atoms with van der Waals surface area (Å²) in [6, 6.07) is 2.39. The van der Waals surface area contributed by atoms with Crippen molar-refractivity contribution in [2.75, 3.05) is 7.11 Å². The Labute approximate surface area is 109 Å². The van der Waals surface area contributed by atoms with E-state index in [0.717, 1.165) is 13.2 Å². The smallest absolute Gasteiger partial charge is 0.308 e. The average molecular weight is 277 g/mol. The lowest BCUT2D eigenvalue weighted by Gasteiger charge is -2.18. The highest BCUT2D eigenvalue weighted by atomic mass is 35.5. The Hall–Kier alpha value is -1.17. The van der Waals surface area contributed by atoms with E-state index in [0.29, 0.717) is 5.56 Å². The summed E-state index contributed by atoms with van der Waals surface area (Å²) in [7, 11) is 1.16. The van der Waals surface area contributed by atoms with Gasteiger partial charge >= 0.3 is 5.97 Å². The number of aryl methyl sites for hydroxylation is 1. The van der Waals surface area contributed by atoms with Crippen molar-refractivity contribution in [3.63, 3.8) is 0 Å². The van der Waals surface area contributed by atoms with Gasteiger partial charge in [-0.15, -0.1) is 0 Å². The molecule has 100 valence electrons. The molecular formula is C12H14ClFO4. The van der Waals surface area contributed by atoms with Gasteiger partial charge in [0, 0.05) is 10.6 Å². The van der Waals surface area contributed by atoms with Crippen molar-refractivity contribution >= 4 is 17.6 Å². The molecule has 4 nitrogen and oxygen atoms in total. The summed E-state index contributed by atoms with van der Waals surface area (Å²) in [5, 5.41) is 19.6. The Morgan fingerprint density at radius 1 is 1.50 bits per heavy atom. The molecule has 0 aliphatic rings. The minimum absolute atomic E-state index is 0.151. The Morgan fingerprint density at radius 3 is 2.67 bits per heavy atom. The molecule has 0 aliphatic carbocycles. The zero-order chi connectivity index (χ0) is 13.9. The minimum atomic E-state index is -1.54. The van der Waals surface area contributed by atoms with Gasteiger partial charge in [0.1, 0.15) is 11.9 Å². The van der Waals surface area contributed by atoms with Crippen molar-refractivity contribution in [2.24, 2.45) is 0 Å². The first-order chi connectivity index (χ1) is 8.36. The molecule has 1 aromatic rings. The molecule has 18 heavy (non-hydrogen) atoms. The van der Waals surface area contributed by atoms with Gasteiger partial charge in [0.05, 0.1) is 19.6 Å². The normalized spacial score (nSPS) is 14.1. The van der Waals surface area contributed by atoms with Crippen LogP contribution in [0.5, 0.6) is 0 Å². The molecule has 0 spiro atoms. The number of hydrogen-bond donors (Lipinski definition) is 2. The maximum atomic E-state index is 13.6. The Bertz CT molecular complexity index is 450. The molecule has 6 heteroatoms. The van der Waals surface area contributed by atoms with Gasteiger partial charge in [-0.25, -0.2) is 4.39 Å². The van der Waals surface area contributed by atoms with Gasteiger partial charge in [0.2, 0.25) is 0 Å². The molecule has 1 aromatic carbocycles. The van der Waals surface area contributed by atoms with Crippen LogP contribution in [0.2, 0.25) is 5.02 Å². The van der Waals surface area contributed by atoms with Crippen molar-refractivity contribution in [1.82, 2.24) is 0 Å². The molecular weight excluding hydrogens is 263 g/mol. The van der Waals surface area contributed by atoms with E-state index in [1.165, 1.54) is 6.07 Å². The number of carbonyl (C=O) groups is 1. The van der Waals surface area contributed by atoms with E-state index in [4.69, 9.17) is 11.6 Å². The third kappa shape index (κ3) is 3.41. The van der Waals surface area contributed by atoms with E-state index in [9.17, 15) is 19.4 Å². The lowest BCUT2D eigenvalue weighted by Crippen LogP contribution is -2.23. The molecule has 0 heterocycles. The highest BCUT2D eigenvalue weighted by Crippen LogP contribution is 2.27. The van der Waals surface area contributed by atoms with Crippen LogP contribution in [-0.2, 0) is 9.53 Å². The topological polar surface area (TPSA) is 66.8 Å². The van der Waals surface area contributed by atoms with Gasteiger partial charge in [-0.05, 0) is 24.6 Å². The highest BCUT2D eigenvalue weighted by molar-refractivity contribution is 6.31. The van der Waals surface area contributed by atoms with Crippen LogP contribution in [0.3, 0.4) is 0 Å². The van der Waals surface area contributed by atoms with E-state index in [1.807, 2.05) is 0 Å². The van der Waals surface area contributed by atoms with E-state index in [2.05, 4.69) is 4.74 Å². The summed E-state index contributed by atoms with van der Waals surface area (Å²) in [6.07, 6.45) is -3.42. The standard InChI is InChI=1S/C12H14ClFO4/c1-6-3-9(14)7(4-8(6)13)12(17)10(15)5-11(16)18-2/h3-4,10,12,15,17H,5H2,1-2H3. The molecule has 0 bridgehead atoms. The van der Waals surface area contributed by atoms with Crippen LogP contribution in [0.15, 0.2) is 12.1 Å². The van der Waals surface area contributed by atoms with Crippen molar-refractivity contribution in [3.05, 3.63) is 34.1 Å². The monoisotopic (exact) mass is 276 g/mol. The van der Waals surface area contributed by atoms with Crippen LogP contribution < -0.4 is 0 Å². The van der Waals surface area contributed by atoms with Gasteiger partial charge in [-0.2, -0.15) is 0 Å². The lowest BCUT2D eigenvalue weighted by molar-refractivity contribution is -0.144. The quantitative estimate of drug-likeness (QED) is 0.822. The van der Waals surface area contributed by atoms with Gasteiger partial charge in [-0.3, -0.25) is 4.79 Å². The number of ether oxygens (including phenoxy) is 1. The first kappa shape index (κ1) is 14.9. The number of hydrogen-bond acceptors (Lipinski definition) is 4. The highest BCUT2D eigenvalue weighted by Gasteiger charge is 2.25. The Balaban J connectivity index is 2.93. The number of methoxy groups -OCH3 is 1. The predicted molar refractivity (Wildman–Crippen MR) is 63.7 cm³/mol.